The van der Waals surface area contributed by atoms with Crippen LogP contribution in [0.2, 0.25) is 0 Å². The number of aryl methyl sites for hydroxylation is 1. The number of nitrogens with zero attached hydrogens (tertiary/aromatic N) is 3. The quantitative estimate of drug-likeness (QED) is 0.690. The lowest BCUT2D eigenvalue weighted by atomic mass is 10.3. The molecule has 1 aromatic rings. The van der Waals surface area contributed by atoms with Gasteiger partial charge in [0.15, 0.2) is 0 Å². The fourth-order valence-electron chi connectivity index (χ4n) is 1.52. The summed E-state index contributed by atoms with van der Waals surface area (Å²) in [5.74, 6) is 0. The summed E-state index contributed by atoms with van der Waals surface area (Å²) in [7, 11) is 0. The third-order valence-electron chi connectivity index (χ3n) is 2.33. The predicted molar refractivity (Wildman–Crippen MR) is 45.9 cm³/mol. The van der Waals surface area contributed by atoms with Crippen LogP contribution in [-0.4, -0.2) is 28.1 Å². The van der Waals surface area contributed by atoms with Crippen molar-refractivity contribution in [2.75, 3.05) is 13.1 Å². The minimum atomic E-state index is 0.526. The van der Waals surface area contributed by atoms with E-state index in [1.54, 1.807) is 0 Å². The van der Waals surface area contributed by atoms with Crippen LogP contribution in [0.25, 0.3) is 0 Å². The lowest BCUT2D eigenvalue weighted by Crippen LogP contribution is -2.13. The van der Waals surface area contributed by atoms with Crippen LogP contribution in [0.3, 0.4) is 0 Å². The highest BCUT2D eigenvalue weighted by molar-refractivity contribution is 4.93. The molecule has 1 aromatic heterocycles. The van der Waals surface area contributed by atoms with Crippen LogP contribution in [0.5, 0.6) is 0 Å². The topological polar surface area (TPSA) is 42.7 Å². The zero-order chi connectivity index (χ0) is 8.39. The van der Waals surface area contributed by atoms with Gasteiger partial charge in [0.1, 0.15) is 0 Å². The summed E-state index contributed by atoms with van der Waals surface area (Å²) in [5.41, 5.74) is 1.09. The Balaban J connectivity index is 2.11. The first-order valence-electron chi connectivity index (χ1n) is 4.51. The van der Waals surface area contributed by atoms with Crippen molar-refractivity contribution in [3.05, 3.63) is 11.9 Å². The molecule has 1 fully saturated rings. The fourth-order valence-corrected chi connectivity index (χ4v) is 1.52. The Morgan fingerprint density at radius 1 is 1.75 bits per heavy atom. The molecule has 0 spiro atoms. The zero-order valence-electron chi connectivity index (χ0n) is 7.32. The Bertz CT molecular complexity index is 249. The van der Waals surface area contributed by atoms with Gasteiger partial charge in [-0.05, 0) is 19.4 Å². The van der Waals surface area contributed by atoms with Gasteiger partial charge in [0, 0.05) is 12.7 Å². The highest BCUT2D eigenvalue weighted by Crippen LogP contribution is 2.13. The van der Waals surface area contributed by atoms with E-state index in [1.807, 2.05) is 4.68 Å². The van der Waals surface area contributed by atoms with Crippen molar-refractivity contribution < 1.29 is 0 Å². The lowest BCUT2D eigenvalue weighted by molar-refractivity contribution is 0.476. The molecule has 0 bridgehead atoms. The average molecular weight is 166 g/mol. The van der Waals surface area contributed by atoms with Crippen LogP contribution in [0.1, 0.15) is 25.1 Å². The van der Waals surface area contributed by atoms with Gasteiger partial charge in [-0.1, -0.05) is 12.1 Å². The second-order valence-electron chi connectivity index (χ2n) is 3.19. The van der Waals surface area contributed by atoms with Gasteiger partial charge in [0.25, 0.3) is 0 Å². The van der Waals surface area contributed by atoms with Crippen molar-refractivity contribution >= 4 is 0 Å². The molecular weight excluding hydrogens is 152 g/mol. The van der Waals surface area contributed by atoms with E-state index in [4.69, 9.17) is 0 Å². The van der Waals surface area contributed by atoms with E-state index in [1.165, 1.54) is 6.42 Å². The second kappa shape index (κ2) is 3.23. The predicted octanol–water partition coefficient (Wildman–Crippen LogP) is 0.375. The fraction of sp³-hybridized carbons (Fsp3) is 0.750. The molecule has 66 valence electrons. The van der Waals surface area contributed by atoms with E-state index < -0.39 is 0 Å². The van der Waals surface area contributed by atoms with Crippen molar-refractivity contribution in [1.29, 1.82) is 0 Å². The molecule has 0 radical (unpaired) electrons. The molecule has 1 N–H and O–H groups in total. The Morgan fingerprint density at radius 2 is 2.67 bits per heavy atom. The number of rotatable bonds is 2. The van der Waals surface area contributed by atoms with Crippen LogP contribution in [0, 0.1) is 0 Å². The maximum Gasteiger partial charge on any atom is 0.0824 e. The molecule has 4 heteroatoms. The van der Waals surface area contributed by atoms with Gasteiger partial charge in [-0.3, -0.25) is 0 Å². The first-order valence-corrected chi connectivity index (χ1v) is 4.51. The van der Waals surface area contributed by atoms with E-state index in [0.717, 1.165) is 25.2 Å². The zero-order valence-corrected chi connectivity index (χ0v) is 7.32. The van der Waals surface area contributed by atoms with Crippen molar-refractivity contribution in [3.63, 3.8) is 0 Å². The third-order valence-corrected chi connectivity index (χ3v) is 2.33. The Morgan fingerprint density at radius 3 is 3.25 bits per heavy atom. The Kier molecular flexibility index (Phi) is 2.08. The molecule has 1 atom stereocenters. The van der Waals surface area contributed by atoms with Gasteiger partial charge in [-0.2, -0.15) is 0 Å². The van der Waals surface area contributed by atoms with E-state index in [9.17, 15) is 0 Å². The molecule has 12 heavy (non-hydrogen) atoms. The first kappa shape index (κ1) is 7.73. The van der Waals surface area contributed by atoms with Crippen LogP contribution >= 0.6 is 0 Å². The van der Waals surface area contributed by atoms with Crippen molar-refractivity contribution in [2.24, 2.45) is 0 Å². The minimum Gasteiger partial charge on any atom is -0.315 e. The van der Waals surface area contributed by atoms with Crippen molar-refractivity contribution in [2.45, 2.75) is 25.8 Å². The maximum absolute atomic E-state index is 4.10. The highest BCUT2D eigenvalue weighted by Gasteiger charge is 2.17. The summed E-state index contributed by atoms with van der Waals surface area (Å²) < 4.78 is 1.98. The van der Waals surface area contributed by atoms with Crippen LogP contribution in [-0.2, 0) is 6.42 Å². The summed E-state index contributed by atoms with van der Waals surface area (Å²) in [5, 5.41) is 11.5. The van der Waals surface area contributed by atoms with Gasteiger partial charge in [-0.15, -0.1) is 5.10 Å². The van der Waals surface area contributed by atoms with Gasteiger partial charge >= 0.3 is 0 Å². The summed E-state index contributed by atoms with van der Waals surface area (Å²) in [6.07, 6.45) is 4.20. The molecule has 1 aliphatic rings. The monoisotopic (exact) mass is 166 g/mol. The number of hydrogen-bond donors (Lipinski definition) is 1. The molecular formula is C8H14N4. The van der Waals surface area contributed by atoms with Crippen LogP contribution < -0.4 is 5.32 Å². The standard InChI is InChI=1S/C8H14N4/c1-2-7-6-12(11-10-7)8-3-4-9-5-8/h6,8-9H,2-5H2,1H3. The van der Waals surface area contributed by atoms with E-state index in [0.29, 0.717) is 6.04 Å². The smallest absolute Gasteiger partial charge is 0.0824 e. The Labute approximate surface area is 72.0 Å². The van der Waals surface area contributed by atoms with Crippen molar-refractivity contribution in [3.8, 4) is 0 Å². The molecule has 0 saturated carbocycles. The summed E-state index contributed by atoms with van der Waals surface area (Å²) in [4.78, 5) is 0. The van der Waals surface area contributed by atoms with Gasteiger partial charge < -0.3 is 5.32 Å². The number of hydrogen-bond acceptors (Lipinski definition) is 3. The maximum atomic E-state index is 4.10. The van der Waals surface area contributed by atoms with E-state index >= 15 is 0 Å². The average Bonchev–Trinajstić information content (AvgIpc) is 2.75. The molecule has 2 heterocycles. The molecule has 1 saturated heterocycles. The van der Waals surface area contributed by atoms with E-state index in [2.05, 4.69) is 28.7 Å². The SMILES string of the molecule is CCc1cn(C2CCNC2)nn1. The molecule has 1 unspecified atom stereocenters. The molecule has 2 rings (SSSR count). The molecule has 4 nitrogen and oxygen atoms in total. The van der Waals surface area contributed by atoms with Crippen LogP contribution in [0.4, 0.5) is 0 Å². The Hall–Kier alpha value is -0.900. The second-order valence-corrected chi connectivity index (χ2v) is 3.19. The lowest BCUT2D eigenvalue weighted by Gasteiger charge is -2.05. The van der Waals surface area contributed by atoms with Crippen LogP contribution in [0.15, 0.2) is 6.20 Å². The van der Waals surface area contributed by atoms with Gasteiger partial charge in [0.05, 0.1) is 11.7 Å². The summed E-state index contributed by atoms with van der Waals surface area (Å²) in [6.45, 7) is 4.24. The molecule has 0 amide bonds. The van der Waals surface area contributed by atoms with E-state index in [-0.39, 0.29) is 0 Å². The van der Waals surface area contributed by atoms with Crippen molar-refractivity contribution in [1.82, 2.24) is 20.3 Å². The highest BCUT2D eigenvalue weighted by atomic mass is 15.4. The summed E-state index contributed by atoms with van der Waals surface area (Å²) >= 11 is 0. The minimum absolute atomic E-state index is 0.526. The number of nitrogens with one attached hydrogen (secondary N) is 1. The van der Waals surface area contributed by atoms with Gasteiger partial charge in [-0.25, -0.2) is 4.68 Å². The largest absolute Gasteiger partial charge is 0.315 e. The third kappa shape index (κ3) is 1.34. The number of aromatic nitrogens is 3. The first-order chi connectivity index (χ1) is 5.90. The van der Waals surface area contributed by atoms with Gasteiger partial charge in [0.2, 0.25) is 0 Å². The molecule has 0 aliphatic carbocycles. The summed E-state index contributed by atoms with van der Waals surface area (Å²) in [6, 6.07) is 0.526. The normalized spacial score (nSPS) is 23.2. The molecule has 1 aliphatic heterocycles. The molecule has 0 aromatic carbocycles.